The highest BCUT2D eigenvalue weighted by atomic mass is 16.5. The minimum absolute atomic E-state index is 0.583. The van der Waals surface area contributed by atoms with Crippen LogP contribution in [0.3, 0.4) is 0 Å². The SMILES string of the molecule is COc1ccc(OC)c(CCN=C(N)N2CCOCC2)c1. The van der Waals surface area contributed by atoms with Crippen LogP contribution in [0.15, 0.2) is 23.2 Å². The fourth-order valence-electron chi connectivity index (χ4n) is 2.26. The maximum Gasteiger partial charge on any atom is 0.191 e. The van der Waals surface area contributed by atoms with E-state index >= 15 is 0 Å². The third-order valence-electron chi connectivity index (χ3n) is 3.48. The number of rotatable bonds is 5. The smallest absolute Gasteiger partial charge is 0.191 e. The first kappa shape index (κ1) is 15.4. The van der Waals surface area contributed by atoms with Gasteiger partial charge in [-0.1, -0.05) is 0 Å². The van der Waals surface area contributed by atoms with Crippen molar-refractivity contribution in [3.8, 4) is 11.5 Å². The summed E-state index contributed by atoms with van der Waals surface area (Å²) in [5, 5.41) is 0. The molecule has 1 aromatic rings. The summed E-state index contributed by atoms with van der Waals surface area (Å²) in [4.78, 5) is 6.49. The monoisotopic (exact) mass is 293 g/mol. The molecule has 0 aromatic heterocycles. The lowest BCUT2D eigenvalue weighted by atomic mass is 10.1. The van der Waals surface area contributed by atoms with Gasteiger partial charge in [-0.15, -0.1) is 0 Å². The Morgan fingerprint density at radius 2 is 2.05 bits per heavy atom. The van der Waals surface area contributed by atoms with Crippen LogP contribution in [0.25, 0.3) is 0 Å². The number of nitrogens with zero attached hydrogens (tertiary/aromatic N) is 2. The maximum atomic E-state index is 6.00. The summed E-state index contributed by atoms with van der Waals surface area (Å²) in [6.45, 7) is 3.64. The van der Waals surface area contributed by atoms with Crippen molar-refractivity contribution in [2.24, 2.45) is 10.7 Å². The Labute approximate surface area is 125 Å². The van der Waals surface area contributed by atoms with Crippen molar-refractivity contribution in [1.29, 1.82) is 0 Å². The zero-order chi connectivity index (χ0) is 15.1. The molecule has 1 aliphatic rings. The molecule has 0 aliphatic carbocycles. The quantitative estimate of drug-likeness (QED) is 0.645. The molecule has 0 spiro atoms. The predicted molar refractivity (Wildman–Crippen MR) is 82.1 cm³/mol. The molecule has 0 bridgehead atoms. The number of morpholine rings is 1. The van der Waals surface area contributed by atoms with E-state index in [9.17, 15) is 0 Å². The molecule has 0 unspecified atom stereocenters. The molecule has 2 N–H and O–H groups in total. The molecule has 1 aromatic carbocycles. The molecule has 0 saturated carbocycles. The van der Waals surface area contributed by atoms with Gasteiger partial charge >= 0.3 is 0 Å². The van der Waals surface area contributed by atoms with Crippen LogP contribution in [0.1, 0.15) is 5.56 Å². The van der Waals surface area contributed by atoms with Crippen LogP contribution in [-0.2, 0) is 11.2 Å². The van der Waals surface area contributed by atoms with Crippen molar-refractivity contribution in [1.82, 2.24) is 4.90 Å². The van der Waals surface area contributed by atoms with Gasteiger partial charge in [0.1, 0.15) is 11.5 Å². The Morgan fingerprint density at radius 3 is 2.71 bits per heavy atom. The highest BCUT2D eigenvalue weighted by molar-refractivity contribution is 5.78. The summed E-state index contributed by atoms with van der Waals surface area (Å²) >= 11 is 0. The Morgan fingerprint density at radius 1 is 1.29 bits per heavy atom. The van der Waals surface area contributed by atoms with Crippen molar-refractivity contribution < 1.29 is 14.2 Å². The Hall–Kier alpha value is -1.95. The van der Waals surface area contributed by atoms with Crippen LogP contribution >= 0.6 is 0 Å². The minimum Gasteiger partial charge on any atom is -0.497 e. The summed E-state index contributed by atoms with van der Waals surface area (Å²) in [5.74, 6) is 2.24. The van der Waals surface area contributed by atoms with Crippen LogP contribution in [0.5, 0.6) is 11.5 Å². The van der Waals surface area contributed by atoms with E-state index in [1.54, 1.807) is 14.2 Å². The third-order valence-corrected chi connectivity index (χ3v) is 3.48. The number of aliphatic imine (C=N–C) groups is 1. The van der Waals surface area contributed by atoms with Gasteiger partial charge < -0.3 is 24.8 Å². The zero-order valence-corrected chi connectivity index (χ0v) is 12.7. The molecule has 0 radical (unpaired) electrons. The molecule has 116 valence electrons. The average molecular weight is 293 g/mol. The van der Waals surface area contributed by atoms with Crippen molar-refractivity contribution in [3.63, 3.8) is 0 Å². The lowest BCUT2D eigenvalue weighted by Crippen LogP contribution is -2.44. The summed E-state index contributed by atoms with van der Waals surface area (Å²) in [6, 6.07) is 5.76. The number of nitrogens with two attached hydrogens (primary N) is 1. The van der Waals surface area contributed by atoms with Crippen LogP contribution in [0.4, 0.5) is 0 Å². The topological polar surface area (TPSA) is 69.3 Å². The van der Waals surface area contributed by atoms with Crippen LogP contribution in [0.2, 0.25) is 0 Å². The van der Waals surface area contributed by atoms with Gasteiger partial charge in [0, 0.05) is 19.6 Å². The molecule has 1 saturated heterocycles. The third kappa shape index (κ3) is 4.26. The fraction of sp³-hybridized carbons (Fsp3) is 0.533. The van der Waals surface area contributed by atoms with Crippen molar-refractivity contribution in [2.75, 3.05) is 47.1 Å². The summed E-state index contributed by atoms with van der Waals surface area (Å²) in [6.07, 6.45) is 0.755. The molecule has 1 fully saturated rings. The summed E-state index contributed by atoms with van der Waals surface area (Å²) < 4.78 is 15.9. The minimum atomic E-state index is 0.583. The Bertz CT molecular complexity index is 485. The fourth-order valence-corrected chi connectivity index (χ4v) is 2.26. The molecule has 2 rings (SSSR count). The van der Waals surface area contributed by atoms with E-state index in [0.717, 1.165) is 36.6 Å². The summed E-state index contributed by atoms with van der Waals surface area (Å²) in [7, 11) is 3.32. The second kappa shape index (κ2) is 7.73. The van der Waals surface area contributed by atoms with Gasteiger partial charge in [-0.2, -0.15) is 0 Å². The molecular formula is C15H23N3O3. The zero-order valence-electron chi connectivity index (χ0n) is 12.7. The second-order valence-corrected chi connectivity index (χ2v) is 4.77. The van der Waals surface area contributed by atoms with E-state index < -0.39 is 0 Å². The normalized spacial score (nSPS) is 15.9. The first-order valence-electron chi connectivity index (χ1n) is 7.08. The number of methoxy groups -OCH3 is 2. The van der Waals surface area contributed by atoms with Gasteiger partial charge in [-0.05, 0) is 30.2 Å². The van der Waals surface area contributed by atoms with Crippen LogP contribution in [-0.4, -0.2) is 57.9 Å². The lowest BCUT2D eigenvalue weighted by molar-refractivity contribution is 0.0674. The van der Waals surface area contributed by atoms with Gasteiger partial charge in [0.25, 0.3) is 0 Å². The number of hydrogen-bond acceptors (Lipinski definition) is 4. The van der Waals surface area contributed by atoms with Gasteiger partial charge in [0.05, 0.1) is 27.4 Å². The number of benzene rings is 1. The largest absolute Gasteiger partial charge is 0.497 e. The van der Waals surface area contributed by atoms with E-state index in [2.05, 4.69) is 4.99 Å². The second-order valence-electron chi connectivity index (χ2n) is 4.77. The molecule has 6 heteroatoms. The number of guanidine groups is 1. The Kier molecular flexibility index (Phi) is 5.68. The first-order chi connectivity index (χ1) is 10.2. The number of hydrogen-bond donors (Lipinski definition) is 1. The standard InChI is InChI=1S/C15H23N3O3/c1-19-13-3-4-14(20-2)12(11-13)5-6-17-15(16)18-7-9-21-10-8-18/h3-4,11H,5-10H2,1-2H3,(H2,16,17). The molecule has 0 atom stereocenters. The van der Waals surface area contributed by atoms with Crippen molar-refractivity contribution in [2.45, 2.75) is 6.42 Å². The molecule has 1 aliphatic heterocycles. The molecular weight excluding hydrogens is 270 g/mol. The molecule has 6 nitrogen and oxygen atoms in total. The van der Waals surface area contributed by atoms with E-state index in [4.69, 9.17) is 19.9 Å². The Balaban J connectivity index is 1.95. The maximum absolute atomic E-state index is 6.00. The van der Waals surface area contributed by atoms with Gasteiger partial charge in [-0.3, -0.25) is 4.99 Å². The summed E-state index contributed by atoms with van der Waals surface area (Å²) in [5.41, 5.74) is 7.07. The average Bonchev–Trinajstić information content (AvgIpc) is 2.55. The highest BCUT2D eigenvalue weighted by Crippen LogP contribution is 2.24. The molecule has 0 amide bonds. The first-order valence-corrected chi connectivity index (χ1v) is 7.08. The van der Waals surface area contributed by atoms with Gasteiger partial charge in [0.15, 0.2) is 5.96 Å². The van der Waals surface area contributed by atoms with E-state index in [1.807, 2.05) is 23.1 Å². The van der Waals surface area contributed by atoms with Crippen LogP contribution < -0.4 is 15.2 Å². The van der Waals surface area contributed by atoms with Gasteiger partial charge in [-0.25, -0.2) is 0 Å². The van der Waals surface area contributed by atoms with E-state index in [-0.39, 0.29) is 0 Å². The lowest BCUT2D eigenvalue weighted by Gasteiger charge is -2.27. The van der Waals surface area contributed by atoms with Crippen molar-refractivity contribution in [3.05, 3.63) is 23.8 Å². The van der Waals surface area contributed by atoms with Gasteiger partial charge in [0.2, 0.25) is 0 Å². The van der Waals surface area contributed by atoms with E-state index in [1.165, 1.54) is 0 Å². The predicted octanol–water partition coefficient (Wildman–Crippen LogP) is 0.893. The number of ether oxygens (including phenoxy) is 3. The van der Waals surface area contributed by atoms with Crippen molar-refractivity contribution >= 4 is 5.96 Å². The highest BCUT2D eigenvalue weighted by Gasteiger charge is 2.12. The molecule has 1 heterocycles. The molecule has 21 heavy (non-hydrogen) atoms. The van der Waals surface area contributed by atoms with E-state index in [0.29, 0.717) is 25.7 Å². The van der Waals surface area contributed by atoms with Crippen LogP contribution in [0, 0.1) is 0 Å².